The fourth-order valence-electron chi connectivity index (χ4n) is 2.66. The van der Waals surface area contributed by atoms with Gasteiger partial charge in [0.1, 0.15) is 0 Å². The first-order valence-electron chi connectivity index (χ1n) is 5.19. The molecule has 2 rings (SSSR count). The summed E-state index contributed by atoms with van der Waals surface area (Å²) in [6.07, 6.45) is 5.68. The summed E-state index contributed by atoms with van der Waals surface area (Å²) in [5, 5.41) is 0. The molecule has 1 aliphatic carbocycles. The van der Waals surface area contributed by atoms with Crippen molar-refractivity contribution < 1.29 is 4.74 Å². The molecule has 1 saturated heterocycles. The van der Waals surface area contributed by atoms with Crippen molar-refractivity contribution in [3.63, 3.8) is 0 Å². The van der Waals surface area contributed by atoms with E-state index in [0.717, 1.165) is 37.5 Å². The van der Waals surface area contributed by atoms with Crippen LogP contribution in [-0.4, -0.2) is 19.8 Å². The molecule has 2 aliphatic rings. The van der Waals surface area contributed by atoms with Gasteiger partial charge in [0.05, 0.1) is 13.2 Å². The first-order chi connectivity index (χ1) is 5.92. The molecule has 0 amide bonds. The highest BCUT2D eigenvalue weighted by molar-refractivity contribution is 4.84. The van der Waals surface area contributed by atoms with E-state index in [0.29, 0.717) is 0 Å². The molecule has 2 nitrogen and oxygen atoms in total. The van der Waals surface area contributed by atoms with Crippen LogP contribution in [0.1, 0.15) is 25.7 Å². The van der Waals surface area contributed by atoms with Crippen LogP contribution >= 0.6 is 0 Å². The lowest BCUT2D eigenvalue weighted by Crippen LogP contribution is -2.41. The highest BCUT2D eigenvalue weighted by atomic mass is 16.5. The van der Waals surface area contributed by atoms with E-state index in [9.17, 15) is 0 Å². The number of ether oxygens (including phenoxy) is 1. The Morgan fingerprint density at radius 2 is 1.83 bits per heavy atom. The Hall–Kier alpha value is -0.0800. The molecule has 1 heterocycles. The van der Waals surface area contributed by atoms with Crippen molar-refractivity contribution in [2.24, 2.45) is 23.5 Å². The molecule has 2 heteroatoms. The van der Waals surface area contributed by atoms with Gasteiger partial charge in [-0.3, -0.25) is 0 Å². The lowest BCUT2D eigenvalue weighted by Gasteiger charge is -2.36. The summed E-state index contributed by atoms with van der Waals surface area (Å²) in [4.78, 5) is 0. The maximum absolute atomic E-state index is 5.81. The van der Waals surface area contributed by atoms with Crippen molar-refractivity contribution in [1.82, 2.24) is 0 Å². The van der Waals surface area contributed by atoms with Crippen LogP contribution in [-0.2, 0) is 4.74 Å². The monoisotopic (exact) mass is 169 g/mol. The van der Waals surface area contributed by atoms with E-state index < -0.39 is 0 Å². The topological polar surface area (TPSA) is 35.2 Å². The SMILES string of the molecule is NCC(C1CCCC1)C1COC1. The van der Waals surface area contributed by atoms with Gasteiger partial charge in [0.15, 0.2) is 0 Å². The Morgan fingerprint density at radius 1 is 1.17 bits per heavy atom. The molecule has 0 aromatic carbocycles. The number of nitrogens with two attached hydrogens (primary N) is 1. The van der Waals surface area contributed by atoms with E-state index in [-0.39, 0.29) is 0 Å². The second-order valence-corrected chi connectivity index (χ2v) is 4.24. The molecular weight excluding hydrogens is 150 g/mol. The molecule has 12 heavy (non-hydrogen) atoms. The van der Waals surface area contributed by atoms with Crippen LogP contribution < -0.4 is 5.73 Å². The van der Waals surface area contributed by atoms with Gasteiger partial charge < -0.3 is 10.5 Å². The van der Waals surface area contributed by atoms with E-state index >= 15 is 0 Å². The van der Waals surface area contributed by atoms with E-state index in [1.54, 1.807) is 0 Å². The van der Waals surface area contributed by atoms with Crippen molar-refractivity contribution in [1.29, 1.82) is 0 Å². The van der Waals surface area contributed by atoms with Crippen LogP contribution in [0.2, 0.25) is 0 Å². The first kappa shape index (κ1) is 8.52. The smallest absolute Gasteiger partial charge is 0.0519 e. The Balaban J connectivity index is 1.87. The van der Waals surface area contributed by atoms with Gasteiger partial charge in [0, 0.05) is 5.92 Å². The van der Waals surface area contributed by atoms with Crippen LogP contribution in [0.15, 0.2) is 0 Å². The Morgan fingerprint density at radius 3 is 2.25 bits per heavy atom. The third-order valence-electron chi connectivity index (χ3n) is 3.55. The Bertz CT molecular complexity index is 139. The number of hydrogen-bond donors (Lipinski definition) is 1. The molecule has 0 aromatic heterocycles. The fourth-order valence-corrected chi connectivity index (χ4v) is 2.66. The lowest BCUT2D eigenvalue weighted by atomic mass is 9.79. The van der Waals surface area contributed by atoms with Gasteiger partial charge >= 0.3 is 0 Å². The normalized spacial score (nSPS) is 28.8. The van der Waals surface area contributed by atoms with Crippen LogP contribution in [0.5, 0.6) is 0 Å². The summed E-state index contributed by atoms with van der Waals surface area (Å²) >= 11 is 0. The van der Waals surface area contributed by atoms with Crippen LogP contribution in [0.3, 0.4) is 0 Å². The predicted octanol–water partition coefficient (Wildman–Crippen LogP) is 1.40. The summed E-state index contributed by atoms with van der Waals surface area (Å²) < 4.78 is 5.22. The standard InChI is InChI=1S/C10H19NO/c11-5-10(9-6-12-7-9)8-3-1-2-4-8/h8-10H,1-7,11H2. The molecule has 70 valence electrons. The summed E-state index contributed by atoms with van der Waals surface area (Å²) in [7, 11) is 0. The maximum atomic E-state index is 5.81. The van der Waals surface area contributed by atoms with Crippen molar-refractivity contribution in [2.45, 2.75) is 25.7 Å². The van der Waals surface area contributed by atoms with E-state index in [4.69, 9.17) is 10.5 Å². The molecule has 1 unspecified atom stereocenters. The van der Waals surface area contributed by atoms with E-state index in [2.05, 4.69) is 0 Å². The zero-order chi connectivity index (χ0) is 8.39. The van der Waals surface area contributed by atoms with Crippen molar-refractivity contribution in [3.05, 3.63) is 0 Å². The average molecular weight is 169 g/mol. The van der Waals surface area contributed by atoms with E-state index in [1.165, 1.54) is 25.7 Å². The van der Waals surface area contributed by atoms with Gasteiger partial charge in [-0.15, -0.1) is 0 Å². The molecule has 1 aliphatic heterocycles. The van der Waals surface area contributed by atoms with Crippen molar-refractivity contribution in [2.75, 3.05) is 19.8 Å². The molecule has 0 bridgehead atoms. The summed E-state index contributed by atoms with van der Waals surface area (Å²) in [5.41, 5.74) is 5.81. The lowest BCUT2D eigenvalue weighted by molar-refractivity contribution is -0.0704. The molecular formula is C10H19NO. The third kappa shape index (κ3) is 1.50. The van der Waals surface area contributed by atoms with Gasteiger partial charge in [0.25, 0.3) is 0 Å². The van der Waals surface area contributed by atoms with E-state index in [1.807, 2.05) is 0 Å². The first-order valence-corrected chi connectivity index (χ1v) is 5.19. The maximum Gasteiger partial charge on any atom is 0.0519 e. The quantitative estimate of drug-likeness (QED) is 0.693. The minimum Gasteiger partial charge on any atom is -0.381 e. The van der Waals surface area contributed by atoms with Crippen LogP contribution in [0, 0.1) is 17.8 Å². The van der Waals surface area contributed by atoms with Crippen molar-refractivity contribution >= 4 is 0 Å². The van der Waals surface area contributed by atoms with Crippen molar-refractivity contribution in [3.8, 4) is 0 Å². The largest absolute Gasteiger partial charge is 0.381 e. The zero-order valence-corrected chi connectivity index (χ0v) is 7.67. The Labute approximate surface area is 74.5 Å². The van der Waals surface area contributed by atoms with Gasteiger partial charge in [-0.2, -0.15) is 0 Å². The highest BCUT2D eigenvalue weighted by Gasteiger charge is 2.34. The molecule has 1 saturated carbocycles. The van der Waals surface area contributed by atoms with Gasteiger partial charge in [-0.1, -0.05) is 25.7 Å². The third-order valence-corrected chi connectivity index (χ3v) is 3.55. The minimum absolute atomic E-state index is 0.765. The Kier molecular flexibility index (Phi) is 2.66. The fraction of sp³-hybridized carbons (Fsp3) is 1.00. The average Bonchev–Trinajstić information content (AvgIpc) is 2.47. The van der Waals surface area contributed by atoms with Gasteiger partial charge in [-0.05, 0) is 18.4 Å². The summed E-state index contributed by atoms with van der Waals surface area (Å²) in [5.74, 6) is 2.48. The predicted molar refractivity (Wildman–Crippen MR) is 48.8 cm³/mol. The molecule has 1 atom stereocenters. The number of rotatable bonds is 3. The minimum atomic E-state index is 0.765. The van der Waals surface area contributed by atoms with Crippen LogP contribution in [0.25, 0.3) is 0 Å². The second kappa shape index (κ2) is 3.75. The van der Waals surface area contributed by atoms with Crippen LogP contribution in [0.4, 0.5) is 0 Å². The molecule has 2 fully saturated rings. The molecule has 0 radical (unpaired) electrons. The molecule has 2 N–H and O–H groups in total. The van der Waals surface area contributed by atoms with Gasteiger partial charge in [0.2, 0.25) is 0 Å². The zero-order valence-electron chi connectivity index (χ0n) is 7.67. The summed E-state index contributed by atoms with van der Waals surface area (Å²) in [6, 6.07) is 0. The second-order valence-electron chi connectivity index (χ2n) is 4.24. The highest BCUT2D eigenvalue weighted by Crippen LogP contribution is 2.36. The van der Waals surface area contributed by atoms with Gasteiger partial charge in [-0.25, -0.2) is 0 Å². The summed E-state index contributed by atoms with van der Waals surface area (Å²) in [6.45, 7) is 2.81. The molecule has 0 spiro atoms. The molecule has 0 aromatic rings. The number of hydrogen-bond acceptors (Lipinski definition) is 2.